The van der Waals surface area contributed by atoms with Crippen molar-refractivity contribution in [2.45, 2.75) is 123 Å². The number of carboxylic acid groups (broad SMARTS) is 1. The molecule has 0 amide bonds. The highest BCUT2D eigenvalue weighted by Gasteiger charge is 2.57. The highest BCUT2D eigenvalue weighted by Crippen LogP contribution is 2.47. The van der Waals surface area contributed by atoms with Crippen LogP contribution in [0.4, 0.5) is 0 Å². The molecule has 0 aliphatic carbocycles. The Balaban J connectivity index is 2.10. The van der Waals surface area contributed by atoms with Gasteiger partial charge < -0.3 is 44.5 Å². The van der Waals surface area contributed by atoms with Crippen LogP contribution in [0.15, 0.2) is 72.4 Å². The number of aliphatic carboxylic acids is 1. The lowest BCUT2D eigenvalue weighted by Crippen LogP contribution is -2.65. The standard InChI is InChI=1S/C41H66O10/c1-26(20-21-42)22-28(3)38(47)32(7)40-30(5)34(49-9)25-41(51-40)35(43)23-29(4)39(50-41)31(6)37(46)27(2)18-16-14-12-10-11-13-15-17-19-33(48-8)24-36(44)45/h10-20,27-35,37-40,42-43,46-47H,21-25H2,1-9H3,(H,44,45). The average Bonchev–Trinajstić information content (AvgIpc) is 3.09. The topological polar surface area (TPSA) is 155 Å². The molecule has 10 heteroatoms. The smallest absolute Gasteiger partial charge is 0.306 e. The number of allylic oxidation sites excluding steroid dienone is 9. The molecule has 2 rings (SSSR count). The normalized spacial score (nSPS) is 32.3. The van der Waals surface area contributed by atoms with E-state index in [1.54, 1.807) is 31.4 Å². The van der Waals surface area contributed by atoms with Crippen LogP contribution in [0.2, 0.25) is 0 Å². The zero-order valence-electron chi connectivity index (χ0n) is 32.2. The third-order valence-electron chi connectivity index (χ3n) is 10.7. The summed E-state index contributed by atoms with van der Waals surface area (Å²) in [6.07, 6.45) is 17.6. The maximum atomic E-state index is 11.5. The first-order valence-corrected chi connectivity index (χ1v) is 18.4. The van der Waals surface area contributed by atoms with Crippen LogP contribution < -0.4 is 0 Å². The highest BCUT2D eigenvalue weighted by molar-refractivity contribution is 5.67. The molecule has 0 aromatic carbocycles. The number of carbonyl (C=O) groups is 1. The molecule has 14 atom stereocenters. The maximum absolute atomic E-state index is 11.5. The van der Waals surface area contributed by atoms with Gasteiger partial charge in [-0.3, -0.25) is 4.79 Å². The van der Waals surface area contributed by atoms with Gasteiger partial charge >= 0.3 is 5.97 Å². The molecule has 290 valence electrons. The van der Waals surface area contributed by atoms with E-state index in [0.29, 0.717) is 19.3 Å². The van der Waals surface area contributed by atoms with E-state index in [4.69, 9.17) is 24.1 Å². The predicted molar refractivity (Wildman–Crippen MR) is 200 cm³/mol. The summed E-state index contributed by atoms with van der Waals surface area (Å²) >= 11 is 0. The van der Waals surface area contributed by atoms with Crippen molar-refractivity contribution in [3.63, 3.8) is 0 Å². The molecule has 2 aliphatic heterocycles. The van der Waals surface area contributed by atoms with Crippen molar-refractivity contribution >= 4 is 5.97 Å². The van der Waals surface area contributed by atoms with Crippen LogP contribution >= 0.6 is 0 Å². The van der Waals surface area contributed by atoms with E-state index >= 15 is 0 Å². The summed E-state index contributed by atoms with van der Waals surface area (Å²) in [5, 5.41) is 52.5. The molecular weight excluding hydrogens is 652 g/mol. The summed E-state index contributed by atoms with van der Waals surface area (Å²) in [5.74, 6) is -3.17. The van der Waals surface area contributed by atoms with Gasteiger partial charge in [-0.05, 0) is 31.6 Å². The van der Waals surface area contributed by atoms with E-state index in [1.807, 2.05) is 84.1 Å². The highest BCUT2D eigenvalue weighted by atomic mass is 16.7. The minimum atomic E-state index is -1.34. The van der Waals surface area contributed by atoms with Gasteiger partial charge in [0.05, 0.1) is 49.7 Å². The molecule has 2 fully saturated rings. The number of ether oxygens (including phenoxy) is 4. The van der Waals surface area contributed by atoms with Gasteiger partial charge in [0, 0.05) is 44.3 Å². The summed E-state index contributed by atoms with van der Waals surface area (Å²) in [5.41, 5.74) is 1.01. The van der Waals surface area contributed by atoms with Gasteiger partial charge in [0.25, 0.3) is 0 Å². The second-order valence-corrected chi connectivity index (χ2v) is 14.8. The van der Waals surface area contributed by atoms with Crippen LogP contribution in [0, 0.1) is 35.5 Å². The number of hydrogen-bond donors (Lipinski definition) is 5. The molecule has 10 nitrogen and oxygen atoms in total. The quantitative estimate of drug-likeness (QED) is 0.0821. The van der Waals surface area contributed by atoms with Crippen LogP contribution in [0.3, 0.4) is 0 Å². The summed E-state index contributed by atoms with van der Waals surface area (Å²) in [6.45, 7) is 13.9. The number of rotatable bonds is 19. The number of aliphatic hydroxyl groups is 4. The van der Waals surface area contributed by atoms with Crippen molar-refractivity contribution in [3.8, 4) is 0 Å². The number of aliphatic hydroxyl groups excluding tert-OH is 4. The molecule has 2 aliphatic rings. The van der Waals surface area contributed by atoms with Gasteiger partial charge in [-0.2, -0.15) is 0 Å². The van der Waals surface area contributed by atoms with Gasteiger partial charge in [-0.1, -0.05) is 114 Å². The van der Waals surface area contributed by atoms with E-state index in [9.17, 15) is 25.2 Å². The van der Waals surface area contributed by atoms with E-state index in [-0.39, 0.29) is 60.7 Å². The Bertz CT molecular complexity index is 1220. The van der Waals surface area contributed by atoms with Crippen LogP contribution in [0.1, 0.15) is 74.1 Å². The fraction of sp³-hybridized carbons (Fsp3) is 0.683. The largest absolute Gasteiger partial charge is 0.481 e. The van der Waals surface area contributed by atoms with E-state index in [2.05, 4.69) is 6.92 Å². The summed E-state index contributed by atoms with van der Waals surface area (Å²) in [6, 6.07) is 0. The first-order chi connectivity index (χ1) is 24.1. The zero-order chi connectivity index (χ0) is 38.3. The molecule has 51 heavy (non-hydrogen) atoms. The Hall–Kier alpha value is -2.41. The Labute approximate surface area is 306 Å². The number of methoxy groups -OCH3 is 2. The lowest BCUT2D eigenvalue weighted by atomic mass is 9.74. The maximum Gasteiger partial charge on any atom is 0.306 e. The molecule has 2 heterocycles. The van der Waals surface area contributed by atoms with Crippen molar-refractivity contribution in [2.24, 2.45) is 35.5 Å². The van der Waals surface area contributed by atoms with Gasteiger partial charge in [-0.15, -0.1) is 0 Å². The van der Waals surface area contributed by atoms with Crippen molar-refractivity contribution in [3.05, 3.63) is 72.4 Å². The third-order valence-corrected chi connectivity index (χ3v) is 10.7. The van der Waals surface area contributed by atoms with Crippen LogP contribution in [0.5, 0.6) is 0 Å². The first kappa shape index (κ1) is 44.7. The molecule has 2 saturated heterocycles. The molecule has 1 spiro atoms. The molecule has 0 aromatic rings. The molecule has 0 radical (unpaired) electrons. The van der Waals surface area contributed by atoms with Crippen molar-refractivity contribution < 1.29 is 49.3 Å². The first-order valence-electron chi connectivity index (χ1n) is 18.4. The Morgan fingerprint density at radius 2 is 1.41 bits per heavy atom. The Kier molecular flexibility index (Phi) is 19.3. The van der Waals surface area contributed by atoms with Gasteiger partial charge in [0.2, 0.25) is 0 Å². The minimum Gasteiger partial charge on any atom is -0.481 e. The lowest BCUT2D eigenvalue weighted by molar-refractivity contribution is -0.391. The summed E-state index contributed by atoms with van der Waals surface area (Å²) < 4.78 is 24.6. The molecular formula is C41H66O10. The minimum absolute atomic E-state index is 0.0361. The van der Waals surface area contributed by atoms with E-state index in [1.165, 1.54) is 7.11 Å². The average molecular weight is 719 g/mol. The zero-order valence-corrected chi connectivity index (χ0v) is 32.2. The Morgan fingerprint density at radius 3 is 1.96 bits per heavy atom. The Morgan fingerprint density at radius 1 is 0.863 bits per heavy atom. The second-order valence-electron chi connectivity index (χ2n) is 14.8. The monoisotopic (exact) mass is 718 g/mol. The number of hydrogen-bond acceptors (Lipinski definition) is 9. The van der Waals surface area contributed by atoms with Gasteiger partial charge in [0.15, 0.2) is 5.79 Å². The molecule has 0 aromatic heterocycles. The van der Waals surface area contributed by atoms with Crippen molar-refractivity contribution in [1.82, 2.24) is 0 Å². The van der Waals surface area contributed by atoms with E-state index in [0.717, 1.165) is 5.57 Å². The lowest BCUT2D eigenvalue weighted by Gasteiger charge is -2.56. The van der Waals surface area contributed by atoms with Crippen molar-refractivity contribution in [1.29, 1.82) is 0 Å². The van der Waals surface area contributed by atoms with Crippen molar-refractivity contribution in [2.75, 3.05) is 20.8 Å². The molecule has 0 saturated carbocycles. The number of carboxylic acids is 1. The summed E-state index contributed by atoms with van der Waals surface area (Å²) in [4.78, 5) is 10.8. The van der Waals surface area contributed by atoms with Crippen LogP contribution in [-0.4, -0.2) is 101 Å². The fourth-order valence-corrected chi connectivity index (χ4v) is 7.54. The van der Waals surface area contributed by atoms with Gasteiger partial charge in [0.1, 0.15) is 6.10 Å². The van der Waals surface area contributed by atoms with Crippen LogP contribution in [-0.2, 0) is 23.7 Å². The molecule has 0 bridgehead atoms. The summed E-state index contributed by atoms with van der Waals surface area (Å²) in [7, 11) is 3.13. The van der Waals surface area contributed by atoms with Crippen LogP contribution in [0.25, 0.3) is 0 Å². The van der Waals surface area contributed by atoms with E-state index < -0.39 is 42.3 Å². The second kappa shape index (κ2) is 22.0. The molecule has 5 N–H and O–H groups in total. The van der Waals surface area contributed by atoms with Gasteiger partial charge in [-0.25, -0.2) is 0 Å². The predicted octanol–water partition coefficient (Wildman–Crippen LogP) is 5.77. The molecule has 14 unspecified atom stereocenters. The fourth-order valence-electron chi connectivity index (χ4n) is 7.54. The third kappa shape index (κ3) is 13.2. The SMILES string of the molecule is COC(C=CC=CC=CC=CC=CC(C)C(O)C(C)C1OC2(CC(OC)C(C)C(C(C)C(O)C(C)CC(C)=CCO)O2)C(O)CC1C)CC(=O)O.